The molecule has 0 aromatic carbocycles. The lowest BCUT2D eigenvalue weighted by atomic mass is 10.1. The van der Waals surface area contributed by atoms with Gasteiger partial charge in [-0.25, -0.2) is 4.79 Å². The Balaban J connectivity index is 1.68. The first-order valence-corrected chi connectivity index (χ1v) is 7.82. The SMILES string of the molecule is O=c1[nH]c(=O)n(C2CC2)cc1CNC1CCCCCC1. The molecule has 3 rings (SSSR count). The summed E-state index contributed by atoms with van der Waals surface area (Å²) in [6.45, 7) is 0.562. The van der Waals surface area contributed by atoms with E-state index in [0.717, 1.165) is 12.8 Å². The molecule has 2 aliphatic rings. The predicted molar refractivity (Wildman–Crippen MR) is 77.9 cm³/mol. The minimum absolute atomic E-state index is 0.243. The molecule has 0 radical (unpaired) electrons. The minimum Gasteiger partial charge on any atom is -0.310 e. The lowest BCUT2D eigenvalue weighted by Crippen LogP contribution is -2.35. The zero-order valence-corrected chi connectivity index (χ0v) is 11.9. The third-order valence-corrected chi connectivity index (χ3v) is 4.42. The van der Waals surface area contributed by atoms with E-state index in [1.807, 2.05) is 0 Å². The summed E-state index contributed by atoms with van der Waals surface area (Å²) in [5.74, 6) is 0. The molecule has 0 amide bonds. The monoisotopic (exact) mass is 277 g/mol. The Bertz CT molecular complexity index is 563. The van der Waals surface area contributed by atoms with Gasteiger partial charge in [-0.05, 0) is 25.7 Å². The van der Waals surface area contributed by atoms with Gasteiger partial charge in [-0.3, -0.25) is 14.3 Å². The van der Waals surface area contributed by atoms with Crippen LogP contribution in [0.3, 0.4) is 0 Å². The Kier molecular flexibility index (Phi) is 4.05. The summed E-state index contributed by atoms with van der Waals surface area (Å²) < 4.78 is 1.69. The molecule has 1 heterocycles. The van der Waals surface area contributed by atoms with Crippen molar-refractivity contribution in [2.75, 3.05) is 0 Å². The van der Waals surface area contributed by atoms with Crippen molar-refractivity contribution in [2.45, 2.75) is 70.0 Å². The number of aromatic nitrogens is 2. The normalized spacial score (nSPS) is 20.8. The smallest absolute Gasteiger partial charge is 0.310 e. The number of H-pyrrole nitrogens is 1. The topological polar surface area (TPSA) is 66.9 Å². The van der Waals surface area contributed by atoms with Crippen molar-refractivity contribution in [3.63, 3.8) is 0 Å². The number of aromatic amines is 1. The van der Waals surface area contributed by atoms with Gasteiger partial charge < -0.3 is 5.32 Å². The van der Waals surface area contributed by atoms with Crippen LogP contribution in [0, 0.1) is 0 Å². The molecule has 5 heteroatoms. The van der Waals surface area contributed by atoms with Gasteiger partial charge in [0.1, 0.15) is 0 Å². The van der Waals surface area contributed by atoms with Crippen molar-refractivity contribution in [3.05, 3.63) is 32.6 Å². The average Bonchev–Trinajstić information content (AvgIpc) is 3.25. The molecule has 1 aromatic rings. The molecular weight excluding hydrogens is 254 g/mol. The molecule has 2 saturated carbocycles. The van der Waals surface area contributed by atoms with Crippen molar-refractivity contribution in [1.29, 1.82) is 0 Å². The molecule has 2 N–H and O–H groups in total. The van der Waals surface area contributed by atoms with E-state index in [0.29, 0.717) is 24.2 Å². The average molecular weight is 277 g/mol. The Labute approximate surface area is 118 Å². The van der Waals surface area contributed by atoms with Crippen LogP contribution in [0.25, 0.3) is 0 Å². The molecule has 1 aromatic heterocycles. The van der Waals surface area contributed by atoms with Gasteiger partial charge in [-0.15, -0.1) is 0 Å². The van der Waals surface area contributed by atoms with Gasteiger partial charge in [-0.2, -0.15) is 0 Å². The second-order valence-corrected chi connectivity index (χ2v) is 6.12. The molecule has 2 fully saturated rings. The molecule has 20 heavy (non-hydrogen) atoms. The van der Waals surface area contributed by atoms with Crippen LogP contribution in [0.4, 0.5) is 0 Å². The van der Waals surface area contributed by atoms with E-state index < -0.39 is 0 Å². The van der Waals surface area contributed by atoms with Crippen molar-refractivity contribution in [1.82, 2.24) is 14.9 Å². The van der Waals surface area contributed by atoms with Gasteiger partial charge in [0.25, 0.3) is 5.56 Å². The third-order valence-electron chi connectivity index (χ3n) is 4.42. The number of rotatable bonds is 4. The molecular formula is C15H23N3O2. The van der Waals surface area contributed by atoms with Crippen LogP contribution in [-0.2, 0) is 6.54 Å². The minimum atomic E-state index is -0.268. The van der Waals surface area contributed by atoms with E-state index >= 15 is 0 Å². The second-order valence-electron chi connectivity index (χ2n) is 6.12. The summed E-state index contributed by atoms with van der Waals surface area (Å²) in [5, 5.41) is 3.49. The van der Waals surface area contributed by atoms with Crippen LogP contribution in [0.1, 0.15) is 63.0 Å². The summed E-state index contributed by atoms with van der Waals surface area (Å²) in [7, 11) is 0. The van der Waals surface area contributed by atoms with Gasteiger partial charge in [0, 0.05) is 30.4 Å². The zero-order valence-electron chi connectivity index (χ0n) is 11.9. The quantitative estimate of drug-likeness (QED) is 0.823. The summed E-state index contributed by atoms with van der Waals surface area (Å²) in [4.78, 5) is 26.0. The molecule has 0 saturated heterocycles. The maximum absolute atomic E-state index is 11.9. The van der Waals surface area contributed by atoms with E-state index in [4.69, 9.17) is 0 Å². The Morgan fingerprint density at radius 2 is 1.80 bits per heavy atom. The maximum atomic E-state index is 11.9. The van der Waals surface area contributed by atoms with Gasteiger partial charge in [-0.1, -0.05) is 25.7 Å². The fourth-order valence-electron chi connectivity index (χ4n) is 3.01. The van der Waals surface area contributed by atoms with Gasteiger partial charge >= 0.3 is 5.69 Å². The Morgan fingerprint density at radius 3 is 2.45 bits per heavy atom. The second kappa shape index (κ2) is 5.95. The highest BCUT2D eigenvalue weighted by Gasteiger charge is 2.25. The van der Waals surface area contributed by atoms with Crippen LogP contribution >= 0.6 is 0 Å². The van der Waals surface area contributed by atoms with Crippen molar-refractivity contribution in [2.24, 2.45) is 0 Å². The van der Waals surface area contributed by atoms with E-state index in [1.165, 1.54) is 38.5 Å². The molecule has 110 valence electrons. The Hall–Kier alpha value is -1.36. The van der Waals surface area contributed by atoms with Crippen molar-refractivity contribution < 1.29 is 0 Å². The molecule has 0 bridgehead atoms. The summed E-state index contributed by atoms with van der Waals surface area (Å²) in [6.07, 6.45) is 11.4. The van der Waals surface area contributed by atoms with E-state index in [-0.39, 0.29) is 11.2 Å². The van der Waals surface area contributed by atoms with Gasteiger partial charge in [0.05, 0.1) is 0 Å². The largest absolute Gasteiger partial charge is 0.328 e. The van der Waals surface area contributed by atoms with Crippen LogP contribution < -0.4 is 16.6 Å². The molecule has 0 aliphatic heterocycles. The third kappa shape index (κ3) is 3.20. The fourth-order valence-corrected chi connectivity index (χ4v) is 3.01. The molecule has 0 spiro atoms. The highest BCUT2D eigenvalue weighted by atomic mass is 16.2. The standard InChI is InChI=1S/C15H23N3O2/c19-14-11(9-16-12-5-3-1-2-4-6-12)10-18(13-7-8-13)15(20)17-14/h10,12-13,16H,1-9H2,(H,17,19,20). The highest BCUT2D eigenvalue weighted by molar-refractivity contribution is 5.06. The molecule has 2 aliphatic carbocycles. The van der Waals surface area contributed by atoms with Crippen LogP contribution in [0.15, 0.2) is 15.8 Å². The van der Waals surface area contributed by atoms with E-state index in [2.05, 4.69) is 10.3 Å². The first-order chi connectivity index (χ1) is 9.74. The first-order valence-electron chi connectivity index (χ1n) is 7.82. The fraction of sp³-hybridized carbons (Fsp3) is 0.733. The number of hydrogen-bond acceptors (Lipinski definition) is 3. The molecule has 0 unspecified atom stereocenters. The lowest BCUT2D eigenvalue weighted by Gasteiger charge is -2.16. The number of nitrogens with one attached hydrogen (secondary N) is 2. The van der Waals surface area contributed by atoms with Crippen molar-refractivity contribution >= 4 is 0 Å². The van der Waals surface area contributed by atoms with E-state index in [9.17, 15) is 9.59 Å². The van der Waals surface area contributed by atoms with Gasteiger partial charge in [0.15, 0.2) is 0 Å². The molecule has 0 atom stereocenters. The predicted octanol–water partition coefficient (Wildman–Crippen LogP) is 1.68. The van der Waals surface area contributed by atoms with E-state index in [1.54, 1.807) is 10.8 Å². The molecule has 5 nitrogen and oxygen atoms in total. The first kappa shape index (κ1) is 13.6. The summed E-state index contributed by atoms with van der Waals surface area (Å²) >= 11 is 0. The Morgan fingerprint density at radius 1 is 1.10 bits per heavy atom. The zero-order chi connectivity index (χ0) is 13.9. The highest BCUT2D eigenvalue weighted by Crippen LogP contribution is 2.33. The van der Waals surface area contributed by atoms with Crippen molar-refractivity contribution in [3.8, 4) is 0 Å². The summed E-state index contributed by atoms with van der Waals surface area (Å²) in [6, 6.07) is 0.814. The van der Waals surface area contributed by atoms with Gasteiger partial charge in [0.2, 0.25) is 0 Å². The summed E-state index contributed by atoms with van der Waals surface area (Å²) in [5.41, 5.74) is 0.171. The number of nitrogens with zero attached hydrogens (tertiary/aromatic N) is 1. The van der Waals surface area contributed by atoms with Crippen LogP contribution in [-0.4, -0.2) is 15.6 Å². The maximum Gasteiger partial charge on any atom is 0.328 e. The lowest BCUT2D eigenvalue weighted by molar-refractivity contribution is 0.456. The number of hydrogen-bond donors (Lipinski definition) is 2. The van der Waals surface area contributed by atoms with Crippen LogP contribution in [0.2, 0.25) is 0 Å². The van der Waals surface area contributed by atoms with Crippen LogP contribution in [0.5, 0.6) is 0 Å².